The number of nitrogens with one attached hydrogen (secondary N) is 1. The zero-order valence-electron chi connectivity index (χ0n) is 14.4. The number of ether oxygens (including phenoxy) is 1. The number of sulfonamides is 1. The zero-order valence-corrected chi connectivity index (χ0v) is 15.3. The maximum Gasteiger partial charge on any atom is 0.243 e. The number of alkyl halides is 1. The van der Waals surface area contributed by atoms with Crippen LogP contribution in [0.5, 0.6) is 5.75 Å². The highest BCUT2D eigenvalue weighted by Gasteiger charge is 2.29. The minimum atomic E-state index is -3.58. The highest BCUT2D eigenvalue weighted by molar-refractivity contribution is 7.89. The summed E-state index contributed by atoms with van der Waals surface area (Å²) in [5.74, 6) is 0.421. The highest BCUT2D eigenvalue weighted by atomic mass is 32.2. The van der Waals surface area contributed by atoms with Crippen LogP contribution in [0.2, 0.25) is 0 Å². The summed E-state index contributed by atoms with van der Waals surface area (Å²) in [4.78, 5) is 11.8. The van der Waals surface area contributed by atoms with Crippen LogP contribution < -0.4 is 10.1 Å². The molecule has 1 aliphatic carbocycles. The van der Waals surface area contributed by atoms with Gasteiger partial charge in [-0.3, -0.25) is 4.79 Å². The van der Waals surface area contributed by atoms with Crippen LogP contribution in [-0.2, 0) is 14.8 Å². The van der Waals surface area contributed by atoms with E-state index in [0.29, 0.717) is 37.7 Å². The molecule has 1 N–H and O–H groups in total. The average Bonchev–Trinajstić information content (AvgIpc) is 3.45. The van der Waals surface area contributed by atoms with Gasteiger partial charge in [-0.25, -0.2) is 12.8 Å². The van der Waals surface area contributed by atoms with Crippen molar-refractivity contribution in [2.75, 3.05) is 20.0 Å². The largest absolute Gasteiger partial charge is 0.463 e. The van der Waals surface area contributed by atoms with E-state index < -0.39 is 16.9 Å². The van der Waals surface area contributed by atoms with Crippen LogP contribution in [0.15, 0.2) is 41.3 Å². The predicted molar refractivity (Wildman–Crippen MR) is 94.8 cm³/mol. The molecule has 1 saturated carbocycles. The van der Waals surface area contributed by atoms with Gasteiger partial charge >= 0.3 is 0 Å². The molecule has 0 unspecified atom stereocenters. The number of carbonyl (C=O) groups excluding carboxylic acids is 1. The van der Waals surface area contributed by atoms with Crippen molar-refractivity contribution in [3.63, 3.8) is 0 Å². The molecular formula is C18H23FN2O4S. The number of benzene rings is 1. The molecule has 0 bridgehead atoms. The van der Waals surface area contributed by atoms with Gasteiger partial charge in [0.15, 0.2) is 0 Å². The van der Waals surface area contributed by atoms with Gasteiger partial charge in [0.1, 0.15) is 5.75 Å². The summed E-state index contributed by atoms with van der Waals surface area (Å²) in [5, 5.41) is 2.90. The monoisotopic (exact) mass is 382 g/mol. The van der Waals surface area contributed by atoms with Gasteiger partial charge in [0.2, 0.25) is 22.8 Å². The Bertz CT molecular complexity index is 752. The van der Waals surface area contributed by atoms with E-state index in [9.17, 15) is 17.6 Å². The van der Waals surface area contributed by atoms with Crippen LogP contribution in [0.1, 0.15) is 25.7 Å². The van der Waals surface area contributed by atoms with Gasteiger partial charge in [0.25, 0.3) is 0 Å². The van der Waals surface area contributed by atoms with Crippen LogP contribution in [0.3, 0.4) is 0 Å². The van der Waals surface area contributed by atoms with Gasteiger partial charge in [-0.2, -0.15) is 4.31 Å². The number of piperidine rings is 1. The van der Waals surface area contributed by atoms with Gasteiger partial charge in [-0.15, -0.1) is 0 Å². The van der Waals surface area contributed by atoms with E-state index in [-0.39, 0.29) is 16.7 Å². The Labute approximate surface area is 153 Å². The van der Waals surface area contributed by atoms with Crippen molar-refractivity contribution in [3.8, 4) is 5.75 Å². The average molecular weight is 382 g/mol. The van der Waals surface area contributed by atoms with E-state index in [0.717, 1.165) is 12.8 Å². The van der Waals surface area contributed by atoms with Crippen molar-refractivity contribution in [1.29, 1.82) is 0 Å². The van der Waals surface area contributed by atoms with Crippen LogP contribution in [-0.4, -0.2) is 44.6 Å². The number of hydrogen-bond donors (Lipinski definition) is 1. The molecule has 1 amide bonds. The summed E-state index contributed by atoms with van der Waals surface area (Å²) in [5.41, 5.74) is 0. The molecule has 142 valence electrons. The lowest BCUT2D eigenvalue weighted by Gasteiger charge is -2.29. The molecule has 1 saturated heterocycles. The Balaban J connectivity index is 1.54. The van der Waals surface area contributed by atoms with E-state index in [2.05, 4.69) is 5.32 Å². The number of nitrogens with zero attached hydrogens (tertiary/aromatic N) is 1. The molecule has 0 aromatic heterocycles. The van der Waals surface area contributed by atoms with Crippen molar-refractivity contribution in [3.05, 3.63) is 36.4 Å². The van der Waals surface area contributed by atoms with E-state index >= 15 is 0 Å². The second-order valence-electron chi connectivity index (χ2n) is 6.61. The van der Waals surface area contributed by atoms with Crippen LogP contribution in [0.25, 0.3) is 0 Å². The third-order valence-electron chi connectivity index (χ3n) is 4.62. The molecule has 26 heavy (non-hydrogen) atoms. The smallest absolute Gasteiger partial charge is 0.243 e. The van der Waals surface area contributed by atoms with Crippen LogP contribution >= 0.6 is 0 Å². The minimum Gasteiger partial charge on any atom is -0.463 e. The summed E-state index contributed by atoms with van der Waals surface area (Å²) in [7, 11) is -3.58. The van der Waals surface area contributed by atoms with Gasteiger partial charge in [-0.05, 0) is 61.9 Å². The number of amides is 1. The van der Waals surface area contributed by atoms with Gasteiger partial charge in [-0.1, -0.05) is 6.08 Å². The van der Waals surface area contributed by atoms with E-state index in [1.165, 1.54) is 28.6 Å². The summed E-state index contributed by atoms with van der Waals surface area (Å²) in [6.45, 7) is -0.138. The molecule has 0 spiro atoms. The maximum absolute atomic E-state index is 12.7. The first-order chi connectivity index (χ1) is 12.5. The Morgan fingerprint density at radius 1 is 1.19 bits per heavy atom. The molecule has 2 aliphatic rings. The quantitative estimate of drug-likeness (QED) is 0.734. The second-order valence-corrected chi connectivity index (χ2v) is 8.55. The maximum atomic E-state index is 12.7. The molecule has 1 aromatic rings. The van der Waals surface area contributed by atoms with E-state index in [1.54, 1.807) is 6.08 Å². The number of halogens is 1. The second kappa shape index (κ2) is 8.18. The summed E-state index contributed by atoms with van der Waals surface area (Å²) in [6, 6.07) is 6.07. The van der Waals surface area contributed by atoms with E-state index in [1.807, 2.05) is 6.08 Å². The fraction of sp³-hybridized carbons (Fsp3) is 0.500. The van der Waals surface area contributed by atoms with Crippen LogP contribution in [0, 0.1) is 5.92 Å². The lowest BCUT2D eigenvalue weighted by atomic mass is 9.98. The molecule has 0 radical (unpaired) electrons. The summed E-state index contributed by atoms with van der Waals surface area (Å²) >= 11 is 0. The fourth-order valence-electron chi connectivity index (χ4n) is 2.93. The SMILES string of the molecule is O=C(/C=C/C1CCN(S(=O)(=O)c2ccc(OCF)cc2)CC1)NC1CC1. The van der Waals surface area contributed by atoms with Crippen molar-refractivity contribution in [2.45, 2.75) is 36.6 Å². The third-order valence-corrected chi connectivity index (χ3v) is 6.54. The number of allylic oxidation sites excluding steroid dienone is 1. The van der Waals surface area contributed by atoms with Gasteiger partial charge in [0.05, 0.1) is 4.90 Å². The molecule has 8 heteroatoms. The van der Waals surface area contributed by atoms with E-state index in [4.69, 9.17) is 4.74 Å². The van der Waals surface area contributed by atoms with Crippen molar-refractivity contribution in [1.82, 2.24) is 9.62 Å². The van der Waals surface area contributed by atoms with Crippen LogP contribution in [0.4, 0.5) is 4.39 Å². The first-order valence-corrected chi connectivity index (χ1v) is 10.2. The molecule has 2 fully saturated rings. The lowest BCUT2D eigenvalue weighted by Crippen LogP contribution is -2.38. The Morgan fingerprint density at radius 3 is 2.42 bits per heavy atom. The topological polar surface area (TPSA) is 75.7 Å². The lowest BCUT2D eigenvalue weighted by molar-refractivity contribution is -0.116. The summed E-state index contributed by atoms with van der Waals surface area (Å²) < 4.78 is 43.7. The Morgan fingerprint density at radius 2 is 1.85 bits per heavy atom. The highest BCUT2D eigenvalue weighted by Crippen LogP contribution is 2.26. The molecule has 1 aliphatic heterocycles. The van der Waals surface area contributed by atoms with Gasteiger partial charge < -0.3 is 10.1 Å². The first kappa shape index (κ1) is 18.8. The number of hydrogen-bond acceptors (Lipinski definition) is 4. The normalized spacial score (nSPS) is 19.6. The molecule has 1 aromatic carbocycles. The Kier molecular flexibility index (Phi) is 5.93. The van der Waals surface area contributed by atoms with Crippen molar-refractivity contribution >= 4 is 15.9 Å². The zero-order chi connectivity index (χ0) is 18.6. The molecule has 1 heterocycles. The Hall–Kier alpha value is -1.93. The standard InChI is InChI=1S/C18H23FN2O4S/c19-13-25-16-4-6-17(7-5-16)26(23,24)21-11-9-14(10-12-21)1-8-18(22)20-15-2-3-15/h1,4-8,14-15H,2-3,9-13H2,(H,20,22)/b8-1+. The molecular weight excluding hydrogens is 359 g/mol. The fourth-order valence-corrected chi connectivity index (χ4v) is 4.40. The minimum absolute atomic E-state index is 0.0712. The number of carbonyl (C=O) groups is 1. The van der Waals surface area contributed by atoms with Crippen molar-refractivity contribution in [2.24, 2.45) is 5.92 Å². The van der Waals surface area contributed by atoms with Gasteiger partial charge in [0, 0.05) is 19.1 Å². The third kappa shape index (κ3) is 4.82. The molecule has 3 rings (SSSR count). The molecule has 6 nitrogen and oxygen atoms in total. The number of rotatable bonds is 7. The van der Waals surface area contributed by atoms with Crippen molar-refractivity contribution < 1.29 is 22.3 Å². The first-order valence-electron chi connectivity index (χ1n) is 8.77. The summed E-state index contributed by atoms with van der Waals surface area (Å²) in [6.07, 6.45) is 6.90. The predicted octanol–water partition coefficient (Wildman–Crippen LogP) is 2.23. The molecule has 0 atom stereocenters.